The molecule has 0 aromatic heterocycles. The molecular formula is C10H14F2NO. The van der Waals surface area contributed by atoms with Crippen LogP contribution in [-0.2, 0) is 5.21 Å². The number of alkyl halides is 2. The van der Waals surface area contributed by atoms with Gasteiger partial charge in [-0.15, -0.1) is 10.3 Å². The molecular weight excluding hydrogens is 188 g/mol. The van der Waals surface area contributed by atoms with Gasteiger partial charge in [-0.1, -0.05) is 0 Å². The van der Waals surface area contributed by atoms with Crippen LogP contribution in [0.15, 0.2) is 0 Å². The van der Waals surface area contributed by atoms with Crippen LogP contribution in [0.25, 0.3) is 0 Å². The summed E-state index contributed by atoms with van der Waals surface area (Å²) in [7, 11) is 0. The van der Waals surface area contributed by atoms with E-state index in [0.717, 1.165) is 5.06 Å². The lowest BCUT2D eigenvalue weighted by molar-refractivity contribution is -0.337. The zero-order chi connectivity index (χ0) is 10.2. The molecule has 2 aliphatic carbocycles. The van der Waals surface area contributed by atoms with Crippen molar-refractivity contribution in [3.63, 3.8) is 0 Å². The molecule has 0 amide bonds. The second kappa shape index (κ2) is 2.14. The highest BCUT2D eigenvalue weighted by Crippen LogP contribution is 2.60. The third kappa shape index (κ3) is 0.959. The second-order valence-electron chi connectivity index (χ2n) is 5.72. The molecule has 2 saturated heterocycles. The maximum Gasteiger partial charge on any atom is 0.117 e. The average Bonchev–Trinajstić information content (AvgIpc) is 1.94. The van der Waals surface area contributed by atoms with E-state index < -0.39 is 22.9 Å². The summed E-state index contributed by atoms with van der Waals surface area (Å²) >= 11 is 0. The SMILES string of the molecule is CC12CC3(F)CC(CC(F)(C3)C1)N2[O]. The number of nitrogens with zero attached hydrogens (tertiary/aromatic N) is 1. The summed E-state index contributed by atoms with van der Waals surface area (Å²) in [6, 6.07) is -0.425. The third-order valence-electron chi connectivity index (χ3n) is 4.10. The molecule has 0 spiro atoms. The first-order valence-corrected chi connectivity index (χ1v) is 5.19. The van der Waals surface area contributed by atoms with Crippen LogP contribution < -0.4 is 0 Å². The molecule has 4 aliphatic rings. The van der Waals surface area contributed by atoms with Crippen molar-refractivity contribution in [2.75, 3.05) is 0 Å². The van der Waals surface area contributed by atoms with Crippen LogP contribution in [0.4, 0.5) is 8.78 Å². The Kier molecular flexibility index (Phi) is 1.38. The molecule has 0 aromatic carbocycles. The number of rotatable bonds is 0. The molecule has 1 radical (unpaired) electrons. The van der Waals surface area contributed by atoms with Crippen molar-refractivity contribution in [1.29, 1.82) is 0 Å². The van der Waals surface area contributed by atoms with E-state index in [1.165, 1.54) is 0 Å². The van der Waals surface area contributed by atoms with Crippen LogP contribution in [0.1, 0.15) is 39.0 Å². The van der Waals surface area contributed by atoms with Crippen molar-refractivity contribution in [3.8, 4) is 0 Å². The Hall–Kier alpha value is -0.220. The highest BCUT2D eigenvalue weighted by molar-refractivity contribution is 5.17. The number of hydrogen-bond donors (Lipinski definition) is 0. The van der Waals surface area contributed by atoms with Gasteiger partial charge in [0.1, 0.15) is 11.3 Å². The zero-order valence-corrected chi connectivity index (χ0v) is 8.22. The molecule has 14 heavy (non-hydrogen) atoms. The van der Waals surface area contributed by atoms with E-state index in [-0.39, 0.29) is 32.1 Å². The maximum atomic E-state index is 14.1. The highest BCUT2D eigenvalue weighted by Gasteiger charge is 2.67. The molecule has 4 bridgehead atoms. The summed E-state index contributed by atoms with van der Waals surface area (Å²) in [5.41, 5.74) is -3.61. The Bertz CT molecular complexity index is 278. The fourth-order valence-electron chi connectivity index (χ4n) is 4.09. The fraction of sp³-hybridized carbons (Fsp3) is 1.00. The van der Waals surface area contributed by atoms with Crippen molar-refractivity contribution in [2.45, 2.75) is 61.9 Å². The second-order valence-corrected chi connectivity index (χ2v) is 5.72. The Morgan fingerprint density at radius 1 is 1.14 bits per heavy atom. The van der Waals surface area contributed by atoms with E-state index >= 15 is 0 Å². The summed E-state index contributed by atoms with van der Waals surface area (Å²) < 4.78 is 28.3. The minimum atomic E-state index is -1.41. The van der Waals surface area contributed by atoms with E-state index in [1.54, 1.807) is 6.92 Å². The highest BCUT2D eigenvalue weighted by atomic mass is 19.2. The van der Waals surface area contributed by atoms with E-state index in [9.17, 15) is 14.0 Å². The van der Waals surface area contributed by atoms with Gasteiger partial charge in [0.05, 0.1) is 5.54 Å². The smallest absolute Gasteiger partial charge is 0.117 e. The van der Waals surface area contributed by atoms with Crippen molar-refractivity contribution >= 4 is 0 Å². The van der Waals surface area contributed by atoms with Gasteiger partial charge in [0.25, 0.3) is 0 Å². The Morgan fingerprint density at radius 3 is 2.07 bits per heavy atom. The molecule has 0 N–H and O–H groups in total. The number of halogens is 2. The molecule has 4 heteroatoms. The Labute approximate surface area is 81.8 Å². The first-order valence-electron chi connectivity index (χ1n) is 5.19. The Morgan fingerprint density at radius 2 is 1.64 bits per heavy atom. The van der Waals surface area contributed by atoms with Crippen molar-refractivity contribution in [1.82, 2.24) is 5.06 Å². The number of hydrogen-bond acceptors (Lipinski definition) is 1. The molecule has 79 valence electrons. The molecule has 0 aromatic rings. The van der Waals surface area contributed by atoms with Gasteiger partial charge in [0, 0.05) is 25.3 Å². The molecule has 2 saturated carbocycles. The lowest BCUT2D eigenvalue weighted by Gasteiger charge is -2.62. The van der Waals surface area contributed by atoms with E-state index in [1.807, 2.05) is 0 Å². The lowest BCUT2D eigenvalue weighted by Crippen LogP contribution is -2.71. The molecule has 2 aliphatic heterocycles. The predicted octanol–water partition coefficient (Wildman–Crippen LogP) is 2.17. The molecule has 2 heterocycles. The fourth-order valence-corrected chi connectivity index (χ4v) is 4.09. The molecule has 2 unspecified atom stereocenters. The summed E-state index contributed by atoms with van der Waals surface area (Å²) in [5.74, 6) is 0. The van der Waals surface area contributed by atoms with Crippen LogP contribution >= 0.6 is 0 Å². The average molecular weight is 202 g/mol. The quantitative estimate of drug-likeness (QED) is 0.590. The number of piperidine rings is 2. The van der Waals surface area contributed by atoms with Crippen molar-refractivity contribution in [3.05, 3.63) is 0 Å². The van der Waals surface area contributed by atoms with E-state index in [0.29, 0.717) is 0 Å². The summed E-state index contributed by atoms with van der Waals surface area (Å²) in [4.78, 5) is 0. The first kappa shape index (κ1) is 9.04. The topological polar surface area (TPSA) is 23.1 Å². The van der Waals surface area contributed by atoms with Gasteiger partial charge in [0.2, 0.25) is 0 Å². The van der Waals surface area contributed by atoms with E-state index in [4.69, 9.17) is 0 Å². The van der Waals surface area contributed by atoms with Crippen molar-refractivity contribution in [2.24, 2.45) is 0 Å². The molecule has 2 nitrogen and oxygen atoms in total. The first-order chi connectivity index (χ1) is 6.34. The summed E-state index contributed by atoms with van der Waals surface area (Å²) in [6.07, 6.45) is 0.910. The zero-order valence-electron chi connectivity index (χ0n) is 8.22. The van der Waals surface area contributed by atoms with Crippen LogP contribution in [0.5, 0.6) is 0 Å². The van der Waals surface area contributed by atoms with Crippen LogP contribution in [-0.4, -0.2) is 28.0 Å². The lowest BCUT2D eigenvalue weighted by atomic mass is 9.56. The van der Waals surface area contributed by atoms with Crippen LogP contribution in [0.3, 0.4) is 0 Å². The van der Waals surface area contributed by atoms with Gasteiger partial charge in [-0.2, -0.15) is 0 Å². The standard InChI is InChI=1S/C10H14F2NO/c1-8-4-9(11)2-7(13(8)14)3-10(12,5-8)6-9/h7H,2-6H2,1H3. The van der Waals surface area contributed by atoms with Gasteiger partial charge in [-0.05, 0) is 19.8 Å². The van der Waals surface area contributed by atoms with Gasteiger partial charge >= 0.3 is 0 Å². The molecule has 4 fully saturated rings. The van der Waals surface area contributed by atoms with Crippen molar-refractivity contribution < 1.29 is 14.0 Å². The summed E-state index contributed by atoms with van der Waals surface area (Å²) in [6.45, 7) is 1.70. The predicted molar refractivity (Wildman–Crippen MR) is 45.5 cm³/mol. The van der Waals surface area contributed by atoms with Crippen LogP contribution in [0.2, 0.25) is 0 Å². The van der Waals surface area contributed by atoms with Gasteiger partial charge in [-0.3, -0.25) is 0 Å². The molecule has 4 rings (SSSR count). The summed E-state index contributed by atoms with van der Waals surface area (Å²) in [5, 5.41) is 12.7. The van der Waals surface area contributed by atoms with Crippen LogP contribution in [0, 0.1) is 0 Å². The van der Waals surface area contributed by atoms with Gasteiger partial charge < -0.3 is 0 Å². The minimum absolute atomic E-state index is 0.0138. The largest absolute Gasteiger partial charge is 0.244 e. The number of hydroxylamine groups is 2. The Balaban J connectivity index is 2.06. The molecule has 2 atom stereocenters. The van der Waals surface area contributed by atoms with Gasteiger partial charge in [-0.25, -0.2) is 8.78 Å². The van der Waals surface area contributed by atoms with Gasteiger partial charge in [0.15, 0.2) is 0 Å². The maximum absolute atomic E-state index is 14.1. The third-order valence-corrected chi connectivity index (χ3v) is 4.10. The monoisotopic (exact) mass is 202 g/mol. The normalized spacial score (nSPS) is 62.1. The minimum Gasteiger partial charge on any atom is -0.244 e. The van der Waals surface area contributed by atoms with E-state index in [2.05, 4.69) is 0 Å².